The molecule has 0 saturated heterocycles. The molecule has 116 valence electrons. The second kappa shape index (κ2) is 8.42. The van der Waals surface area contributed by atoms with Gasteiger partial charge in [0.05, 0.1) is 5.56 Å². The molecule has 0 fully saturated rings. The summed E-state index contributed by atoms with van der Waals surface area (Å²) in [6, 6.07) is 4.84. The summed E-state index contributed by atoms with van der Waals surface area (Å²) in [4.78, 5) is 26.4. The van der Waals surface area contributed by atoms with Gasteiger partial charge in [-0.15, -0.1) is 0 Å². The summed E-state index contributed by atoms with van der Waals surface area (Å²) in [5.74, 6) is -0.296. The Balaban J connectivity index is 2.76. The number of likely N-dealkylation sites (N-methyl/N-ethyl adjacent to an activating group) is 1. The molecule has 1 aromatic rings. The monoisotopic (exact) mass is 291 g/mol. The number of nitrogen functional groups attached to an aromatic ring is 1. The number of nitrogens with one attached hydrogen (secondary N) is 1. The molecular formula is C16H25N3O2. The average molecular weight is 291 g/mol. The lowest BCUT2D eigenvalue weighted by Crippen LogP contribution is -2.35. The molecule has 3 N–H and O–H groups in total. The van der Waals surface area contributed by atoms with Crippen LogP contribution >= 0.6 is 0 Å². The van der Waals surface area contributed by atoms with Gasteiger partial charge in [0.15, 0.2) is 5.78 Å². The van der Waals surface area contributed by atoms with Crippen LogP contribution < -0.4 is 11.1 Å². The summed E-state index contributed by atoms with van der Waals surface area (Å²) in [6.07, 6.45) is 0.350. The van der Waals surface area contributed by atoms with Gasteiger partial charge in [-0.2, -0.15) is 0 Å². The first-order chi connectivity index (χ1) is 10.0. The van der Waals surface area contributed by atoms with Crippen LogP contribution in [-0.2, 0) is 0 Å². The maximum Gasteiger partial charge on any atom is 0.252 e. The van der Waals surface area contributed by atoms with Crippen LogP contribution in [0.25, 0.3) is 0 Å². The van der Waals surface area contributed by atoms with Gasteiger partial charge < -0.3 is 16.0 Å². The van der Waals surface area contributed by atoms with Gasteiger partial charge in [-0.05, 0) is 31.3 Å². The fourth-order valence-corrected chi connectivity index (χ4v) is 2.14. The van der Waals surface area contributed by atoms with Gasteiger partial charge in [-0.1, -0.05) is 20.8 Å². The zero-order valence-corrected chi connectivity index (χ0v) is 13.1. The lowest BCUT2D eigenvalue weighted by atomic mass is 10.0. The number of benzene rings is 1. The molecule has 0 bridgehead atoms. The molecule has 5 heteroatoms. The normalized spacial score (nSPS) is 10.7. The lowest BCUT2D eigenvalue weighted by molar-refractivity contribution is 0.0930. The summed E-state index contributed by atoms with van der Waals surface area (Å²) < 4.78 is 0. The molecule has 0 spiro atoms. The summed E-state index contributed by atoms with van der Waals surface area (Å²) in [5.41, 5.74) is 7.00. The molecule has 0 aliphatic carbocycles. The smallest absolute Gasteiger partial charge is 0.252 e. The Labute approximate surface area is 126 Å². The molecule has 0 saturated carbocycles. The third-order valence-corrected chi connectivity index (χ3v) is 3.52. The minimum Gasteiger partial charge on any atom is -0.399 e. The van der Waals surface area contributed by atoms with E-state index in [1.54, 1.807) is 25.1 Å². The highest BCUT2D eigenvalue weighted by Crippen LogP contribution is 2.15. The van der Waals surface area contributed by atoms with E-state index in [1.807, 2.05) is 0 Å². The molecule has 21 heavy (non-hydrogen) atoms. The Morgan fingerprint density at radius 1 is 1.14 bits per heavy atom. The molecule has 0 aromatic heterocycles. The van der Waals surface area contributed by atoms with Crippen molar-refractivity contribution in [2.75, 3.05) is 31.9 Å². The zero-order valence-electron chi connectivity index (χ0n) is 13.1. The van der Waals surface area contributed by atoms with Crippen molar-refractivity contribution in [3.63, 3.8) is 0 Å². The molecule has 5 nitrogen and oxygen atoms in total. The predicted octanol–water partition coefficient (Wildman–Crippen LogP) is 1.93. The number of carbonyl (C=O) groups is 2. The van der Waals surface area contributed by atoms with E-state index < -0.39 is 0 Å². The van der Waals surface area contributed by atoms with Crippen molar-refractivity contribution < 1.29 is 9.59 Å². The zero-order chi connectivity index (χ0) is 15.8. The van der Waals surface area contributed by atoms with Gasteiger partial charge in [-0.25, -0.2) is 0 Å². The van der Waals surface area contributed by atoms with E-state index in [-0.39, 0.29) is 11.7 Å². The molecule has 0 radical (unpaired) electrons. The van der Waals surface area contributed by atoms with E-state index in [9.17, 15) is 9.59 Å². The SMILES string of the molecule is CCC(=O)c1cc(N)ccc1C(=O)NCCN(CC)CC. The topological polar surface area (TPSA) is 75.4 Å². The van der Waals surface area contributed by atoms with Crippen molar-refractivity contribution in [1.29, 1.82) is 0 Å². The fraction of sp³-hybridized carbons (Fsp3) is 0.500. The van der Waals surface area contributed by atoms with Crippen molar-refractivity contribution in [2.24, 2.45) is 0 Å². The Bertz CT molecular complexity index is 496. The van der Waals surface area contributed by atoms with Crippen LogP contribution in [0.3, 0.4) is 0 Å². The van der Waals surface area contributed by atoms with Crippen molar-refractivity contribution in [1.82, 2.24) is 10.2 Å². The molecule has 0 aliphatic heterocycles. The van der Waals surface area contributed by atoms with Gasteiger partial charge in [0.1, 0.15) is 0 Å². The number of carbonyl (C=O) groups excluding carboxylic acids is 2. The number of Topliss-reactive ketones (excluding diaryl/α,β-unsaturated/α-hetero) is 1. The summed E-state index contributed by atoms with van der Waals surface area (Å²) >= 11 is 0. The average Bonchev–Trinajstić information content (AvgIpc) is 2.50. The highest BCUT2D eigenvalue weighted by Gasteiger charge is 2.16. The summed E-state index contributed by atoms with van der Waals surface area (Å²) in [6.45, 7) is 9.21. The molecule has 0 atom stereocenters. The molecular weight excluding hydrogens is 266 g/mol. The number of amides is 1. The van der Waals surface area contributed by atoms with Gasteiger partial charge in [0.2, 0.25) is 0 Å². The summed E-state index contributed by atoms with van der Waals surface area (Å²) in [5, 5.41) is 2.86. The van der Waals surface area contributed by atoms with Crippen LogP contribution in [0, 0.1) is 0 Å². The molecule has 0 unspecified atom stereocenters. The number of hydrogen-bond acceptors (Lipinski definition) is 4. The lowest BCUT2D eigenvalue weighted by Gasteiger charge is -2.18. The number of rotatable bonds is 8. The number of anilines is 1. The van der Waals surface area contributed by atoms with E-state index in [0.29, 0.717) is 29.8 Å². The van der Waals surface area contributed by atoms with E-state index in [0.717, 1.165) is 19.6 Å². The van der Waals surface area contributed by atoms with Crippen molar-refractivity contribution >= 4 is 17.4 Å². The van der Waals surface area contributed by atoms with Crippen LogP contribution in [0.15, 0.2) is 18.2 Å². The predicted molar refractivity (Wildman–Crippen MR) is 85.6 cm³/mol. The maximum absolute atomic E-state index is 12.2. The van der Waals surface area contributed by atoms with Crippen molar-refractivity contribution in [3.05, 3.63) is 29.3 Å². The largest absolute Gasteiger partial charge is 0.399 e. The van der Waals surface area contributed by atoms with Crippen LogP contribution in [0.2, 0.25) is 0 Å². The number of nitrogens with zero attached hydrogens (tertiary/aromatic N) is 1. The number of hydrogen-bond donors (Lipinski definition) is 2. The Hall–Kier alpha value is -1.88. The quantitative estimate of drug-likeness (QED) is 0.567. The second-order valence-electron chi connectivity index (χ2n) is 4.86. The summed E-state index contributed by atoms with van der Waals surface area (Å²) in [7, 11) is 0. The highest BCUT2D eigenvalue weighted by atomic mass is 16.2. The van der Waals surface area contributed by atoms with E-state index in [2.05, 4.69) is 24.1 Å². The molecule has 0 heterocycles. The molecule has 1 rings (SSSR count). The third-order valence-electron chi connectivity index (χ3n) is 3.52. The van der Waals surface area contributed by atoms with Crippen LogP contribution in [-0.4, -0.2) is 42.8 Å². The van der Waals surface area contributed by atoms with Gasteiger partial charge in [-0.3, -0.25) is 9.59 Å². The Morgan fingerprint density at radius 2 is 1.81 bits per heavy atom. The van der Waals surface area contributed by atoms with Crippen molar-refractivity contribution in [2.45, 2.75) is 27.2 Å². The van der Waals surface area contributed by atoms with E-state index in [4.69, 9.17) is 5.73 Å². The first-order valence-corrected chi connectivity index (χ1v) is 7.46. The number of nitrogens with two attached hydrogens (primary N) is 1. The Morgan fingerprint density at radius 3 is 2.38 bits per heavy atom. The fourth-order valence-electron chi connectivity index (χ4n) is 2.14. The second-order valence-corrected chi connectivity index (χ2v) is 4.86. The van der Waals surface area contributed by atoms with Crippen LogP contribution in [0.4, 0.5) is 5.69 Å². The van der Waals surface area contributed by atoms with Gasteiger partial charge >= 0.3 is 0 Å². The number of ketones is 1. The highest BCUT2D eigenvalue weighted by molar-refractivity contribution is 6.08. The minimum atomic E-state index is -0.223. The van der Waals surface area contributed by atoms with Gasteiger partial charge in [0.25, 0.3) is 5.91 Å². The van der Waals surface area contributed by atoms with E-state index in [1.165, 1.54) is 0 Å². The molecule has 1 aromatic carbocycles. The maximum atomic E-state index is 12.2. The third kappa shape index (κ3) is 4.86. The van der Waals surface area contributed by atoms with Crippen LogP contribution in [0.1, 0.15) is 47.9 Å². The molecule has 0 aliphatic rings. The molecule has 1 amide bonds. The minimum absolute atomic E-state index is 0.0730. The van der Waals surface area contributed by atoms with Crippen molar-refractivity contribution in [3.8, 4) is 0 Å². The first kappa shape index (κ1) is 17.2. The first-order valence-electron chi connectivity index (χ1n) is 7.46. The van der Waals surface area contributed by atoms with Crippen LogP contribution in [0.5, 0.6) is 0 Å². The van der Waals surface area contributed by atoms with E-state index >= 15 is 0 Å². The Kier molecular flexibility index (Phi) is 6.88. The standard InChI is InChI=1S/C16H25N3O2/c1-4-15(20)14-11-12(17)7-8-13(14)16(21)18-9-10-19(5-2)6-3/h7-8,11H,4-6,9-10,17H2,1-3H3,(H,18,21). The van der Waals surface area contributed by atoms with Gasteiger partial charge in [0, 0.05) is 30.8 Å².